The van der Waals surface area contributed by atoms with Crippen LogP contribution in [0.15, 0.2) is 97.1 Å². The fourth-order valence-corrected chi connectivity index (χ4v) is 10.7. The van der Waals surface area contributed by atoms with E-state index in [0.29, 0.717) is 18.4 Å². The molecular weight excluding hydrogens is 602 g/mol. The third kappa shape index (κ3) is 8.68. The Labute approximate surface area is 296 Å². The van der Waals surface area contributed by atoms with Crippen LogP contribution >= 0.6 is 0 Å². The highest BCUT2D eigenvalue weighted by Gasteiger charge is 2.54. The summed E-state index contributed by atoms with van der Waals surface area (Å²) in [6.07, 6.45) is 30.3. The van der Waals surface area contributed by atoms with Gasteiger partial charge in [0.2, 0.25) is 0 Å². The molecule has 264 valence electrons. The van der Waals surface area contributed by atoms with Gasteiger partial charge in [-0.15, -0.1) is 0 Å². The van der Waals surface area contributed by atoms with E-state index in [1.165, 1.54) is 62.5 Å². The minimum absolute atomic E-state index is 0.00647. The van der Waals surface area contributed by atoms with Crippen LogP contribution in [-0.2, 0) is 16.6 Å². The molecule has 4 heteroatoms. The van der Waals surface area contributed by atoms with Gasteiger partial charge >= 0.3 is 5.97 Å². The molecule has 0 radical (unpaired) electrons. The number of carboxylic acids is 1. The molecule has 4 nitrogen and oxygen atoms in total. The highest BCUT2D eigenvalue weighted by Crippen LogP contribution is 2.57. The zero-order valence-corrected chi connectivity index (χ0v) is 29.6. The van der Waals surface area contributed by atoms with Crippen molar-refractivity contribution < 1.29 is 15.0 Å². The van der Waals surface area contributed by atoms with E-state index >= 15 is 0 Å². The van der Waals surface area contributed by atoms with E-state index in [4.69, 9.17) is 5.73 Å². The van der Waals surface area contributed by atoms with Crippen LogP contribution in [0.4, 0.5) is 0 Å². The molecule has 4 aliphatic rings. The van der Waals surface area contributed by atoms with Crippen molar-refractivity contribution in [3.8, 4) is 0 Å². The van der Waals surface area contributed by atoms with Crippen molar-refractivity contribution in [1.82, 2.24) is 0 Å². The molecule has 4 aliphatic carbocycles. The first kappa shape index (κ1) is 35.9. The molecular formula is C45H61NO3. The SMILES string of the molecule is NC[C@H]1C=C[C@@H](C(=O)O)[C@@H]2[C@@H]1[C@H](C[C@@H](C/C=C\[C@H](O)CC1CCCCC1)CCc1ccccc1)C=C[C@H]2C1(c2ccccc2)CCCCC1. The number of hydrogen-bond acceptors (Lipinski definition) is 3. The monoisotopic (exact) mass is 663 g/mol. The first-order chi connectivity index (χ1) is 24.0. The Balaban J connectivity index is 1.29. The molecule has 8 atom stereocenters. The highest BCUT2D eigenvalue weighted by molar-refractivity contribution is 5.73. The van der Waals surface area contributed by atoms with Crippen LogP contribution in [0.5, 0.6) is 0 Å². The largest absolute Gasteiger partial charge is 0.481 e. The van der Waals surface area contributed by atoms with Crippen molar-refractivity contribution in [2.45, 2.75) is 108 Å². The molecule has 0 saturated heterocycles. The number of allylic oxidation sites excluding steroid dienone is 3. The van der Waals surface area contributed by atoms with E-state index in [0.717, 1.165) is 44.9 Å². The van der Waals surface area contributed by atoms with Gasteiger partial charge in [-0.25, -0.2) is 0 Å². The van der Waals surface area contributed by atoms with E-state index < -0.39 is 11.9 Å². The number of aliphatic hydroxyl groups excluding tert-OH is 1. The van der Waals surface area contributed by atoms with Crippen molar-refractivity contribution in [2.75, 3.05) is 6.54 Å². The topological polar surface area (TPSA) is 83.6 Å². The Bertz CT molecular complexity index is 1390. The van der Waals surface area contributed by atoms with Gasteiger partial charge in [0, 0.05) is 5.41 Å². The molecule has 49 heavy (non-hydrogen) atoms. The first-order valence-corrected chi connectivity index (χ1v) is 19.7. The molecule has 2 saturated carbocycles. The number of fused-ring (bicyclic) bond motifs is 1. The number of aliphatic carboxylic acids is 1. The van der Waals surface area contributed by atoms with Crippen molar-refractivity contribution in [1.29, 1.82) is 0 Å². The zero-order chi connectivity index (χ0) is 34.1. The third-order valence-electron chi connectivity index (χ3n) is 13.1. The molecule has 6 rings (SSSR count). The van der Waals surface area contributed by atoms with Gasteiger partial charge in [-0.1, -0.05) is 148 Å². The Morgan fingerprint density at radius 3 is 2.18 bits per heavy atom. The summed E-state index contributed by atoms with van der Waals surface area (Å²) in [5.41, 5.74) is 9.24. The fraction of sp³-hybridized carbons (Fsp3) is 0.578. The molecule has 2 aromatic carbocycles. The summed E-state index contributed by atoms with van der Waals surface area (Å²) in [6, 6.07) is 21.8. The number of nitrogens with two attached hydrogens (primary N) is 1. The van der Waals surface area contributed by atoms with Crippen LogP contribution in [0.2, 0.25) is 0 Å². The smallest absolute Gasteiger partial charge is 0.310 e. The summed E-state index contributed by atoms with van der Waals surface area (Å²) in [7, 11) is 0. The number of benzene rings is 2. The summed E-state index contributed by atoms with van der Waals surface area (Å²) in [5, 5.41) is 21.7. The van der Waals surface area contributed by atoms with Gasteiger partial charge in [0.1, 0.15) is 0 Å². The van der Waals surface area contributed by atoms with E-state index in [9.17, 15) is 15.0 Å². The van der Waals surface area contributed by atoms with Crippen molar-refractivity contribution >= 4 is 5.97 Å². The van der Waals surface area contributed by atoms with Gasteiger partial charge in [0.15, 0.2) is 0 Å². The molecule has 4 N–H and O–H groups in total. The standard InChI is InChI=1S/C45H61NO3/c46-32-37-24-26-40(44(48)49)43-41(45(28-11-4-12-29-45)38-19-9-3-10-20-38)27-25-36(42(37)43)30-35(23-22-33-14-5-1-6-15-33)18-13-21-39(47)31-34-16-7-2-8-17-34/h1,3,5-6,9-10,13-15,19-21,24-27,34-37,39-43,47H,2,4,7-8,11-12,16-18,22-23,28-32,46H2,(H,48,49)/b21-13-/t35-,36-,37+,39-,40+,41+,42+,43-/m0/s1. The molecule has 0 heterocycles. The first-order valence-electron chi connectivity index (χ1n) is 19.7. The number of aryl methyl sites for hydroxylation is 1. The molecule has 2 fully saturated rings. The Hall–Kier alpha value is -2.95. The summed E-state index contributed by atoms with van der Waals surface area (Å²) >= 11 is 0. The van der Waals surface area contributed by atoms with E-state index in [2.05, 4.69) is 91.0 Å². The van der Waals surface area contributed by atoms with Crippen LogP contribution in [-0.4, -0.2) is 28.8 Å². The maximum atomic E-state index is 13.1. The normalized spacial score (nSPS) is 29.8. The predicted molar refractivity (Wildman–Crippen MR) is 201 cm³/mol. The number of hydrogen-bond donors (Lipinski definition) is 3. The number of carbonyl (C=O) groups is 1. The van der Waals surface area contributed by atoms with Gasteiger partial charge in [-0.3, -0.25) is 4.79 Å². The number of rotatable bonds is 14. The quantitative estimate of drug-likeness (QED) is 0.176. The van der Waals surface area contributed by atoms with Crippen LogP contribution in [0.25, 0.3) is 0 Å². The molecule has 0 aromatic heterocycles. The molecule has 0 spiro atoms. The molecule has 0 amide bonds. The summed E-state index contributed by atoms with van der Waals surface area (Å²) in [4.78, 5) is 13.1. The van der Waals surface area contributed by atoms with E-state index in [1.54, 1.807) is 0 Å². The average Bonchev–Trinajstić information content (AvgIpc) is 3.14. The second-order valence-electron chi connectivity index (χ2n) is 16.1. The summed E-state index contributed by atoms with van der Waals surface area (Å²) < 4.78 is 0. The van der Waals surface area contributed by atoms with Crippen LogP contribution in [0.1, 0.15) is 101 Å². The second-order valence-corrected chi connectivity index (χ2v) is 16.1. The van der Waals surface area contributed by atoms with Gasteiger partial charge in [-0.2, -0.15) is 0 Å². The van der Waals surface area contributed by atoms with Crippen molar-refractivity contribution in [3.05, 3.63) is 108 Å². The maximum absolute atomic E-state index is 13.1. The fourth-order valence-electron chi connectivity index (χ4n) is 10.7. The average molecular weight is 664 g/mol. The van der Waals surface area contributed by atoms with Crippen LogP contribution < -0.4 is 5.73 Å². The van der Waals surface area contributed by atoms with Gasteiger partial charge in [0.05, 0.1) is 12.0 Å². The molecule has 2 aromatic rings. The lowest BCUT2D eigenvalue weighted by atomic mass is 9.49. The minimum Gasteiger partial charge on any atom is -0.481 e. The molecule has 0 aliphatic heterocycles. The predicted octanol–water partition coefficient (Wildman–Crippen LogP) is 9.69. The van der Waals surface area contributed by atoms with Crippen LogP contribution in [0, 0.1) is 47.3 Å². The van der Waals surface area contributed by atoms with Crippen molar-refractivity contribution in [2.24, 2.45) is 53.1 Å². The molecule has 0 unspecified atom stereocenters. The van der Waals surface area contributed by atoms with Gasteiger partial charge < -0.3 is 15.9 Å². The second kappa shape index (κ2) is 17.3. The van der Waals surface area contributed by atoms with Gasteiger partial charge in [0.25, 0.3) is 0 Å². The Morgan fingerprint density at radius 2 is 1.49 bits per heavy atom. The summed E-state index contributed by atoms with van der Waals surface area (Å²) in [6.45, 7) is 0.543. The minimum atomic E-state index is -0.699. The Morgan fingerprint density at radius 1 is 0.816 bits per heavy atom. The summed E-state index contributed by atoms with van der Waals surface area (Å²) in [5.74, 6) is 0.653. The lowest BCUT2D eigenvalue weighted by molar-refractivity contribution is -0.145. The van der Waals surface area contributed by atoms with E-state index in [1.807, 2.05) is 6.08 Å². The van der Waals surface area contributed by atoms with Crippen LogP contribution in [0.3, 0.4) is 0 Å². The lowest BCUT2D eigenvalue weighted by Gasteiger charge is -2.55. The Kier molecular flexibility index (Phi) is 12.7. The number of aliphatic hydroxyl groups is 1. The van der Waals surface area contributed by atoms with Crippen molar-refractivity contribution in [3.63, 3.8) is 0 Å². The number of carboxylic acid groups (broad SMARTS) is 1. The van der Waals surface area contributed by atoms with E-state index in [-0.39, 0.29) is 41.1 Å². The molecule has 0 bridgehead atoms. The third-order valence-corrected chi connectivity index (χ3v) is 13.1. The van der Waals surface area contributed by atoms with Gasteiger partial charge in [-0.05, 0) is 104 Å². The highest BCUT2D eigenvalue weighted by atomic mass is 16.4. The lowest BCUT2D eigenvalue weighted by Crippen LogP contribution is -2.52. The maximum Gasteiger partial charge on any atom is 0.310 e. The zero-order valence-electron chi connectivity index (χ0n) is 29.6.